The van der Waals surface area contributed by atoms with Crippen molar-refractivity contribution in [1.82, 2.24) is 9.97 Å². The molecule has 0 spiro atoms. The summed E-state index contributed by atoms with van der Waals surface area (Å²) in [6, 6.07) is 3.52. The van der Waals surface area contributed by atoms with E-state index in [1.54, 1.807) is 6.20 Å². The predicted molar refractivity (Wildman–Crippen MR) is 76.0 cm³/mol. The van der Waals surface area contributed by atoms with E-state index >= 15 is 0 Å². The van der Waals surface area contributed by atoms with Crippen LogP contribution in [-0.4, -0.2) is 16.5 Å². The largest absolute Gasteiger partial charge is 0.354 e. The van der Waals surface area contributed by atoms with E-state index < -0.39 is 11.6 Å². The number of rotatable bonds is 5. The number of nitrogens with one attached hydrogen (secondary N) is 1. The Morgan fingerprint density at radius 1 is 1.30 bits per heavy atom. The van der Waals surface area contributed by atoms with Crippen molar-refractivity contribution in [2.75, 3.05) is 11.9 Å². The second kappa shape index (κ2) is 6.65. The molecule has 2 rings (SSSR count). The number of aryl methyl sites for hydroxylation is 1. The molecule has 1 aromatic heterocycles. The van der Waals surface area contributed by atoms with Gasteiger partial charge >= 0.3 is 0 Å². The maximum atomic E-state index is 13.7. The Bertz CT molecular complexity index is 605. The molecule has 1 aromatic carbocycles. The zero-order valence-corrected chi connectivity index (χ0v) is 12.1. The van der Waals surface area contributed by atoms with Crippen LogP contribution in [0.5, 0.6) is 0 Å². The second-order valence-corrected chi connectivity index (χ2v) is 5.32. The van der Waals surface area contributed by atoms with E-state index in [0.717, 1.165) is 36.4 Å². The zero-order valence-electron chi connectivity index (χ0n) is 11.3. The van der Waals surface area contributed by atoms with E-state index in [9.17, 15) is 8.78 Å². The highest BCUT2D eigenvalue weighted by Gasteiger charge is 2.10. The number of anilines is 1. The van der Waals surface area contributed by atoms with Crippen LogP contribution in [0.25, 0.3) is 0 Å². The van der Waals surface area contributed by atoms with Crippen molar-refractivity contribution in [3.8, 4) is 0 Å². The fourth-order valence-electron chi connectivity index (χ4n) is 1.51. The Labute approximate surface area is 120 Å². The van der Waals surface area contributed by atoms with Gasteiger partial charge in [0, 0.05) is 29.3 Å². The molecule has 0 radical (unpaired) electrons. The lowest BCUT2D eigenvalue weighted by molar-refractivity contribution is 0.565. The van der Waals surface area contributed by atoms with Crippen LogP contribution in [0.1, 0.15) is 18.9 Å². The van der Waals surface area contributed by atoms with Gasteiger partial charge in [0.25, 0.3) is 0 Å². The van der Waals surface area contributed by atoms with Gasteiger partial charge in [0.2, 0.25) is 5.95 Å². The molecule has 106 valence electrons. The Kier molecular flexibility index (Phi) is 4.89. The Morgan fingerprint density at radius 2 is 2.10 bits per heavy atom. The minimum absolute atomic E-state index is 0.342. The molecule has 0 unspecified atom stereocenters. The van der Waals surface area contributed by atoms with E-state index in [1.165, 1.54) is 12.1 Å². The lowest BCUT2D eigenvalue weighted by atomic mass is 10.3. The van der Waals surface area contributed by atoms with Crippen LogP contribution in [0.3, 0.4) is 0 Å². The van der Waals surface area contributed by atoms with Crippen LogP contribution >= 0.6 is 11.8 Å². The molecule has 0 amide bonds. The quantitative estimate of drug-likeness (QED) is 0.845. The maximum Gasteiger partial charge on any atom is 0.223 e. The molecule has 3 nitrogen and oxygen atoms in total. The second-order valence-electron chi connectivity index (χ2n) is 4.29. The molecule has 0 saturated heterocycles. The molecular formula is C14H15F2N3S. The number of halogens is 2. The minimum atomic E-state index is -0.587. The number of nitrogens with zero attached hydrogens (tertiary/aromatic N) is 2. The van der Waals surface area contributed by atoms with Crippen LogP contribution in [0.15, 0.2) is 34.3 Å². The normalized spacial score (nSPS) is 10.6. The Balaban J connectivity index is 2.23. The molecule has 0 saturated carbocycles. The molecule has 6 heteroatoms. The smallest absolute Gasteiger partial charge is 0.223 e. The summed E-state index contributed by atoms with van der Waals surface area (Å²) in [7, 11) is 0. The van der Waals surface area contributed by atoms with Crippen LogP contribution in [0.4, 0.5) is 14.7 Å². The first-order chi connectivity index (χ1) is 9.60. The summed E-state index contributed by atoms with van der Waals surface area (Å²) in [5.41, 5.74) is 0.848. The highest BCUT2D eigenvalue weighted by molar-refractivity contribution is 7.99. The van der Waals surface area contributed by atoms with Gasteiger partial charge in [-0.05, 0) is 25.5 Å². The van der Waals surface area contributed by atoms with Crippen LogP contribution in [0, 0.1) is 18.6 Å². The maximum absolute atomic E-state index is 13.7. The van der Waals surface area contributed by atoms with Gasteiger partial charge in [-0.1, -0.05) is 18.7 Å². The lowest BCUT2D eigenvalue weighted by Gasteiger charge is -2.08. The first-order valence-corrected chi connectivity index (χ1v) is 7.12. The first-order valence-electron chi connectivity index (χ1n) is 6.30. The molecule has 0 fully saturated rings. The van der Waals surface area contributed by atoms with E-state index in [4.69, 9.17) is 0 Å². The molecule has 1 N–H and O–H groups in total. The topological polar surface area (TPSA) is 37.8 Å². The molecule has 0 aliphatic rings. The number of hydrogen-bond donors (Lipinski definition) is 1. The number of hydrogen-bond acceptors (Lipinski definition) is 4. The molecule has 0 bridgehead atoms. The van der Waals surface area contributed by atoms with Gasteiger partial charge in [0.15, 0.2) is 0 Å². The molecule has 20 heavy (non-hydrogen) atoms. The third kappa shape index (κ3) is 3.66. The third-order valence-corrected chi connectivity index (χ3v) is 3.72. The third-order valence-electron chi connectivity index (χ3n) is 2.56. The van der Waals surface area contributed by atoms with Gasteiger partial charge in [0.1, 0.15) is 16.7 Å². The fourth-order valence-corrected chi connectivity index (χ4v) is 2.36. The van der Waals surface area contributed by atoms with Gasteiger partial charge in [-0.25, -0.2) is 18.7 Å². The average Bonchev–Trinajstić information content (AvgIpc) is 2.42. The summed E-state index contributed by atoms with van der Waals surface area (Å²) < 4.78 is 26.5. The van der Waals surface area contributed by atoms with Gasteiger partial charge in [-0.15, -0.1) is 0 Å². The van der Waals surface area contributed by atoms with Crippen LogP contribution < -0.4 is 5.32 Å². The van der Waals surface area contributed by atoms with Gasteiger partial charge in [0.05, 0.1) is 0 Å². The van der Waals surface area contributed by atoms with Crippen molar-refractivity contribution < 1.29 is 8.78 Å². The van der Waals surface area contributed by atoms with Crippen LogP contribution in [0.2, 0.25) is 0 Å². The SMILES string of the molecule is CCCNc1ncc(C)c(Sc2ccc(F)cc2F)n1. The zero-order chi connectivity index (χ0) is 14.5. The number of aromatic nitrogens is 2. The highest BCUT2D eigenvalue weighted by atomic mass is 32.2. The summed E-state index contributed by atoms with van der Waals surface area (Å²) in [6.07, 6.45) is 2.65. The molecule has 0 aliphatic heterocycles. The monoisotopic (exact) mass is 295 g/mol. The summed E-state index contributed by atoms with van der Waals surface area (Å²) in [5.74, 6) is -0.657. The highest BCUT2D eigenvalue weighted by Crippen LogP contribution is 2.31. The van der Waals surface area contributed by atoms with E-state index in [2.05, 4.69) is 15.3 Å². The van der Waals surface area contributed by atoms with Crippen molar-refractivity contribution >= 4 is 17.7 Å². The van der Waals surface area contributed by atoms with Crippen molar-refractivity contribution in [1.29, 1.82) is 0 Å². The standard InChI is InChI=1S/C14H15F2N3S/c1-3-6-17-14-18-8-9(2)13(19-14)20-12-5-4-10(15)7-11(12)16/h4-5,7-8H,3,6H2,1-2H3,(H,17,18,19). The summed E-state index contributed by atoms with van der Waals surface area (Å²) >= 11 is 1.16. The van der Waals surface area contributed by atoms with E-state index in [-0.39, 0.29) is 0 Å². The molecule has 0 aliphatic carbocycles. The first kappa shape index (κ1) is 14.7. The molecule has 1 heterocycles. The summed E-state index contributed by atoms with van der Waals surface area (Å²) in [5, 5.41) is 3.74. The molecular weight excluding hydrogens is 280 g/mol. The van der Waals surface area contributed by atoms with Gasteiger partial charge in [-0.2, -0.15) is 0 Å². The van der Waals surface area contributed by atoms with Crippen LogP contribution in [-0.2, 0) is 0 Å². The van der Waals surface area contributed by atoms with Crippen molar-refractivity contribution in [3.05, 3.63) is 41.6 Å². The van der Waals surface area contributed by atoms with Gasteiger partial charge < -0.3 is 5.32 Å². The number of benzene rings is 1. The van der Waals surface area contributed by atoms with Crippen molar-refractivity contribution in [3.63, 3.8) is 0 Å². The van der Waals surface area contributed by atoms with E-state index in [0.29, 0.717) is 15.9 Å². The summed E-state index contributed by atoms with van der Waals surface area (Å²) in [6.45, 7) is 4.68. The fraction of sp³-hybridized carbons (Fsp3) is 0.286. The van der Waals surface area contributed by atoms with Gasteiger partial charge in [-0.3, -0.25) is 0 Å². The Hall–Kier alpha value is -1.69. The summed E-state index contributed by atoms with van der Waals surface area (Å²) in [4.78, 5) is 8.86. The van der Waals surface area contributed by atoms with Crippen molar-refractivity contribution in [2.24, 2.45) is 0 Å². The Morgan fingerprint density at radius 3 is 2.80 bits per heavy atom. The minimum Gasteiger partial charge on any atom is -0.354 e. The molecule has 0 atom stereocenters. The predicted octanol–water partition coefficient (Wildman–Crippen LogP) is 4.04. The average molecular weight is 295 g/mol. The van der Waals surface area contributed by atoms with E-state index in [1.807, 2.05) is 13.8 Å². The molecule has 2 aromatic rings. The van der Waals surface area contributed by atoms with Crippen molar-refractivity contribution in [2.45, 2.75) is 30.2 Å². The lowest BCUT2D eigenvalue weighted by Crippen LogP contribution is -2.05.